The van der Waals surface area contributed by atoms with Crippen molar-refractivity contribution in [3.8, 4) is 0 Å². The van der Waals surface area contributed by atoms with Gasteiger partial charge < -0.3 is 8.85 Å². The van der Waals surface area contributed by atoms with Gasteiger partial charge in [0.05, 0.1) is 12.2 Å². The monoisotopic (exact) mass is 467 g/mol. The molecule has 1 unspecified atom stereocenters. The molecule has 0 fully saturated rings. The first-order valence-electron chi connectivity index (χ1n) is 11.4. The van der Waals surface area contributed by atoms with Crippen molar-refractivity contribution in [1.82, 2.24) is 0 Å². The van der Waals surface area contributed by atoms with E-state index >= 15 is 0 Å². The Labute approximate surface area is 197 Å². The highest BCUT2D eigenvalue weighted by atomic mass is 28.4. The molecule has 1 radical (unpaired) electrons. The first-order chi connectivity index (χ1) is 14.9. The fraction of sp³-hybridized carbons (Fsp3) is 0.444. The van der Waals surface area contributed by atoms with Crippen LogP contribution in [0.1, 0.15) is 41.5 Å². The molecule has 0 heterocycles. The minimum absolute atomic E-state index is 0.0334. The van der Waals surface area contributed by atoms with Crippen molar-refractivity contribution in [3.63, 3.8) is 0 Å². The predicted molar refractivity (Wildman–Crippen MR) is 140 cm³/mol. The molecule has 2 aromatic carbocycles. The molecule has 3 nitrogen and oxygen atoms in total. The first kappa shape index (κ1) is 26.5. The van der Waals surface area contributed by atoms with Crippen LogP contribution in [0.2, 0.25) is 18.1 Å². The maximum Gasteiger partial charge on any atom is 0.283 e. The second-order valence-electron chi connectivity index (χ2n) is 10.1. The molecule has 0 saturated carbocycles. The van der Waals surface area contributed by atoms with Crippen LogP contribution in [0, 0.1) is 5.92 Å². The lowest BCUT2D eigenvalue weighted by Gasteiger charge is -2.42. The highest BCUT2D eigenvalue weighted by Gasteiger charge is 2.41. The molecule has 0 aliphatic carbocycles. The van der Waals surface area contributed by atoms with Crippen LogP contribution in [0.5, 0.6) is 0 Å². The zero-order chi connectivity index (χ0) is 23.9. The SMILES string of the molecule is CC(=O)/C=C/[C@@H](C)[C@@H](O[Si](c1ccccc1)c1ccccc1)C(C)O[Si](C)(C)C(C)(C)C. The van der Waals surface area contributed by atoms with E-state index in [-0.39, 0.29) is 28.9 Å². The molecule has 0 saturated heterocycles. The average molecular weight is 468 g/mol. The maximum absolute atomic E-state index is 11.6. The first-order valence-corrected chi connectivity index (χ1v) is 15.7. The summed E-state index contributed by atoms with van der Waals surface area (Å²) in [6.07, 6.45) is 3.34. The van der Waals surface area contributed by atoms with Crippen molar-refractivity contribution in [2.24, 2.45) is 5.92 Å². The largest absolute Gasteiger partial charge is 0.412 e. The maximum atomic E-state index is 11.6. The van der Waals surface area contributed by atoms with Gasteiger partial charge in [-0.25, -0.2) is 0 Å². The van der Waals surface area contributed by atoms with Gasteiger partial charge in [-0.2, -0.15) is 0 Å². The van der Waals surface area contributed by atoms with Crippen molar-refractivity contribution in [2.75, 3.05) is 0 Å². The predicted octanol–water partition coefficient (Wildman–Crippen LogP) is 5.37. The molecule has 2 rings (SSSR count). The Morgan fingerprint density at radius 1 is 0.938 bits per heavy atom. The van der Waals surface area contributed by atoms with Crippen LogP contribution in [0.25, 0.3) is 0 Å². The van der Waals surface area contributed by atoms with Gasteiger partial charge in [0.1, 0.15) is 0 Å². The van der Waals surface area contributed by atoms with E-state index in [1.54, 1.807) is 13.0 Å². The lowest BCUT2D eigenvalue weighted by Crippen LogP contribution is -2.53. The number of benzene rings is 2. The minimum atomic E-state index is -1.99. The molecule has 0 N–H and O–H groups in total. The van der Waals surface area contributed by atoms with Gasteiger partial charge in [-0.05, 0) is 48.4 Å². The normalized spacial score (nSPS) is 15.7. The van der Waals surface area contributed by atoms with Crippen molar-refractivity contribution in [2.45, 2.75) is 71.9 Å². The van der Waals surface area contributed by atoms with Gasteiger partial charge >= 0.3 is 0 Å². The molecule has 0 spiro atoms. The Hall–Kier alpha value is -1.80. The third-order valence-electron chi connectivity index (χ3n) is 6.23. The Balaban J connectivity index is 2.43. The van der Waals surface area contributed by atoms with Gasteiger partial charge in [0.15, 0.2) is 14.1 Å². The molecule has 2 aromatic rings. The van der Waals surface area contributed by atoms with Gasteiger partial charge in [-0.15, -0.1) is 0 Å². The van der Waals surface area contributed by atoms with Gasteiger partial charge in [0.2, 0.25) is 0 Å². The summed E-state index contributed by atoms with van der Waals surface area (Å²) in [6, 6.07) is 20.9. The lowest BCUT2D eigenvalue weighted by molar-refractivity contribution is -0.112. The third kappa shape index (κ3) is 7.37. The Bertz CT molecular complexity index is 833. The standard InChI is InChI=1S/C27H39O3Si2/c1-21(19-20-22(2)28)26(23(3)30-32(7,8)27(4,5)6)29-31(24-15-11-9-12-16-24)25-17-13-10-14-18-25/h9-21,23,26H,1-8H3/b20-19+/t21-,23?,26-/m1/s1. The lowest BCUT2D eigenvalue weighted by atomic mass is 10.00. The number of hydrogen-bond donors (Lipinski definition) is 0. The number of hydrogen-bond acceptors (Lipinski definition) is 3. The van der Waals surface area contributed by atoms with E-state index in [1.807, 2.05) is 18.2 Å². The molecule has 0 aliphatic heterocycles. The van der Waals surface area contributed by atoms with Gasteiger partial charge in [0.25, 0.3) is 9.04 Å². The van der Waals surface area contributed by atoms with E-state index < -0.39 is 17.4 Å². The van der Waals surface area contributed by atoms with E-state index in [0.717, 1.165) is 0 Å². The summed E-state index contributed by atoms with van der Waals surface area (Å²) in [5.74, 6) is 0.0799. The number of ketones is 1. The highest BCUT2D eigenvalue weighted by molar-refractivity contribution is 6.80. The molecule has 0 amide bonds. The summed E-state index contributed by atoms with van der Waals surface area (Å²) in [5.41, 5.74) is 0. The fourth-order valence-corrected chi connectivity index (χ4v) is 7.05. The molecule has 0 bridgehead atoms. The van der Waals surface area contributed by atoms with E-state index in [4.69, 9.17) is 8.85 Å². The van der Waals surface area contributed by atoms with E-state index in [1.165, 1.54) is 10.4 Å². The second kappa shape index (κ2) is 11.4. The fourth-order valence-electron chi connectivity index (χ4n) is 3.35. The van der Waals surface area contributed by atoms with Gasteiger partial charge in [0, 0.05) is 5.92 Å². The van der Waals surface area contributed by atoms with Crippen LogP contribution in [-0.2, 0) is 13.6 Å². The van der Waals surface area contributed by atoms with Crippen LogP contribution < -0.4 is 10.4 Å². The number of allylic oxidation sites excluding steroid dienone is 1. The smallest absolute Gasteiger partial charge is 0.283 e. The number of carbonyl (C=O) groups excluding carboxylic acids is 1. The summed E-state index contributed by atoms with van der Waals surface area (Å²) in [4.78, 5) is 11.6. The van der Waals surface area contributed by atoms with Crippen molar-refractivity contribution in [1.29, 1.82) is 0 Å². The summed E-state index contributed by atoms with van der Waals surface area (Å²) in [5, 5.41) is 2.52. The molecule has 0 aliphatic rings. The molecule has 173 valence electrons. The molecular weight excluding hydrogens is 428 g/mol. The van der Waals surface area contributed by atoms with E-state index in [9.17, 15) is 4.79 Å². The molecule has 32 heavy (non-hydrogen) atoms. The number of rotatable bonds is 10. The Morgan fingerprint density at radius 3 is 1.81 bits per heavy atom. The molecule has 0 aromatic heterocycles. The van der Waals surface area contributed by atoms with Crippen molar-refractivity contribution >= 4 is 33.5 Å². The molecular formula is C27H39O3Si2. The molecule has 5 heteroatoms. The van der Waals surface area contributed by atoms with Crippen LogP contribution in [0.15, 0.2) is 72.8 Å². The highest BCUT2D eigenvalue weighted by Crippen LogP contribution is 2.38. The number of carbonyl (C=O) groups is 1. The van der Waals surface area contributed by atoms with Gasteiger partial charge in [-0.3, -0.25) is 4.79 Å². The Kier molecular flexibility index (Phi) is 9.40. The van der Waals surface area contributed by atoms with Crippen LogP contribution in [0.3, 0.4) is 0 Å². The molecule has 3 atom stereocenters. The zero-order valence-electron chi connectivity index (χ0n) is 20.9. The Morgan fingerprint density at radius 2 is 1.41 bits per heavy atom. The summed E-state index contributed by atoms with van der Waals surface area (Å²) in [7, 11) is -3.49. The zero-order valence-corrected chi connectivity index (χ0v) is 22.9. The van der Waals surface area contributed by atoms with Crippen molar-refractivity contribution < 1.29 is 13.6 Å². The van der Waals surface area contributed by atoms with Crippen LogP contribution >= 0.6 is 0 Å². The van der Waals surface area contributed by atoms with Gasteiger partial charge in [-0.1, -0.05) is 94.4 Å². The van der Waals surface area contributed by atoms with Crippen LogP contribution in [0.4, 0.5) is 0 Å². The minimum Gasteiger partial charge on any atom is -0.412 e. The van der Waals surface area contributed by atoms with Crippen molar-refractivity contribution in [3.05, 3.63) is 72.8 Å². The van der Waals surface area contributed by atoms with E-state index in [2.05, 4.69) is 96.2 Å². The topological polar surface area (TPSA) is 35.5 Å². The van der Waals surface area contributed by atoms with E-state index in [0.29, 0.717) is 0 Å². The summed E-state index contributed by atoms with van der Waals surface area (Å²) < 4.78 is 13.8. The second-order valence-corrected chi connectivity index (χ2v) is 16.9. The summed E-state index contributed by atoms with van der Waals surface area (Å²) >= 11 is 0. The van der Waals surface area contributed by atoms with Crippen LogP contribution in [-0.4, -0.2) is 35.3 Å². The summed E-state index contributed by atoms with van der Waals surface area (Å²) in [6.45, 7) is 17.1. The quantitative estimate of drug-likeness (QED) is 0.348. The third-order valence-corrected chi connectivity index (χ3v) is 13.0. The average Bonchev–Trinajstić information content (AvgIpc) is 2.72.